The Morgan fingerprint density at radius 1 is 1.39 bits per heavy atom. The summed E-state index contributed by atoms with van der Waals surface area (Å²) in [5.41, 5.74) is 1.03. The minimum absolute atomic E-state index is 0.0167. The lowest BCUT2D eigenvalue weighted by molar-refractivity contribution is -0.123. The summed E-state index contributed by atoms with van der Waals surface area (Å²) < 4.78 is 6.05. The zero-order valence-electron chi connectivity index (χ0n) is 11.1. The van der Waals surface area contributed by atoms with Gasteiger partial charge >= 0.3 is 0 Å². The lowest BCUT2D eigenvalue weighted by atomic mass is 10.1. The van der Waals surface area contributed by atoms with E-state index >= 15 is 0 Å². The van der Waals surface area contributed by atoms with E-state index in [0.29, 0.717) is 0 Å². The van der Waals surface area contributed by atoms with Crippen LogP contribution in [0.1, 0.15) is 25.5 Å². The zero-order valence-corrected chi connectivity index (χ0v) is 12.7. The molecule has 0 heterocycles. The summed E-state index contributed by atoms with van der Waals surface area (Å²) in [4.78, 5) is 11.8. The molecule has 0 fully saturated rings. The predicted octanol–water partition coefficient (Wildman–Crippen LogP) is 2.24. The lowest BCUT2D eigenvalue weighted by Crippen LogP contribution is -2.41. The second kappa shape index (κ2) is 6.75. The Labute approximate surface area is 116 Å². The van der Waals surface area contributed by atoms with Crippen LogP contribution in [-0.2, 0) is 4.79 Å². The molecule has 2 unspecified atom stereocenters. The summed E-state index contributed by atoms with van der Waals surface area (Å²) >= 11 is 3.43. The number of carbonyl (C=O) groups excluding carboxylic acids is 1. The number of nitrogens with one attached hydrogen (secondary N) is 2. The molecule has 0 saturated carbocycles. The molecule has 4 nitrogen and oxygen atoms in total. The van der Waals surface area contributed by atoms with E-state index in [1.807, 2.05) is 32.0 Å². The van der Waals surface area contributed by atoms with Crippen LogP contribution in [0.15, 0.2) is 22.7 Å². The van der Waals surface area contributed by atoms with E-state index in [-0.39, 0.29) is 18.0 Å². The molecule has 0 bridgehead atoms. The molecular weight excluding hydrogens is 296 g/mol. The normalized spacial score (nSPS) is 13.8. The van der Waals surface area contributed by atoms with Gasteiger partial charge in [0.05, 0.1) is 23.7 Å². The Bertz CT molecular complexity index is 423. The highest BCUT2D eigenvalue weighted by molar-refractivity contribution is 9.10. The van der Waals surface area contributed by atoms with E-state index < -0.39 is 0 Å². The molecule has 100 valence electrons. The van der Waals surface area contributed by atoms with Crippen LogP contribution < -0.4 is 15.4 Å². The van der Waals surface area contributed by atoms with Gasteiger partial charge in [0.2, 0.25) is 5.91 Å². The molecule has 0 spiro atoms. The van der Waals surface area contributed by atoms with Gasteiger partial charge in [-0.05, 0) is 54.5 Å². The summed E-state index contributed by atoms with van der Waals surface area (Å²) in [5, 5.41) is 5.86. The molecule has 1 amide bonds. The number of halogens is 1. The van der Waals surface area contributed by atoms with Crippen molar-refractivity contribution in [3.63, 3.8) is 0 Å². The molecule has 2 N–H and O–H groups in total. The largest absolute Gasteiger partial charge is 0.496 e. The number of hydrogen-bond acceptors (Lipinski definition) is 3. The van der Waals surface area contributed by atoms with Gasteiger partial charge in [0.15, 0.2) is 0 Å². The first-order valence-corrected chi connectivity index (χ1v) is 6.60. The van der Waals surface area contributed by atoms with Crippen LogP contribution in [0.2, 0.25) is 0 Å². The lowest BCUT2D eigenvalue weighted by Gasteiger charge is -2.18. The third-order valence-corrected chi connectivity index (χ3v) is 3.48. The summed E-state index contributed by atoms with van der Waals surface area (Å²) in [5.74, 6) is 0.762. The van der Waals surface area contributed by atoms with Crippen LogP contribution in [0.5, 0.6) is 5.75 Å². The number of benzene rings is 1. The predicted molar refractivity (Wildman–Crippen MR) is 75.8 cm³/mol. The molecule has 18 heavy (non-hydrogen) atoms. The van der Waals surface area contributed by atoms with Crippen LogP contribution in [0.3, 0.4) is 0 Å². The van der Waals surface area contributed by atoms with Crippen molar-refractivity contribution in [3.8, 4) is 5.75 Å². The first kappa shape index (κ1) is 15.0. The van der Waals surface area contributed by atoms with Crippen molar-refractivity contribution in [2.24, 2.45) is 0 Å². The highest BCUT2D eigenvalue weighted by Crippen LogP contribution is 2.27. The summed E-state index contributed by atoms with van der Waals surface area (Å²) in [7, 11) is 3.39. The fraction of sp³-hybridized carbons (Fsp3) is 0.462. The molecule has 2 atom stereocenters. The minimum Gasteiger partial charge on any atom is -0.496 e. The van der Waals surface area contributed by atoms with E-state index in [1.54, 1.807) is 14.2 Å². The minimum atomic E-state index is -0.200. The number of methoxy groups -OCH3 is 1. The highest BCUT2D eigenvalue weighted by atomic mass is 79.9. The van der Waals surface area contributed by atoms with E-state index in [1.165, 1.54) is 0 Å². The van der Waals surface area contributed by atoms with Gasteiger partial charge < -0.3 is 15.4 Å². The molecule has 0 aliphatic heterocycles. The van der Waals surface area contributed by atoms with Gasteiger partial charge in [-0.15, -0.1) is 0 Å². The molecule has 0 aliphatic rings. The van der Waals surface area contributed by atoms with Crippen molar-refractivity contribution in [1.29, 1.82) is 0 Å². The number of amides is 1. The van der Waals surface area contributed by atoms with Crippen LogP contribution in [-0.4, -0.2) is 26.1 Å². The number of ether oxygens (including phenoxy) is 1. The zero-order chi connectivity index (χ0) is 13.7. The van der Waals surface area contributed by atoms with Crippen molar-refractivity contribution in [2.45, 2.75) is 25.9 Å². The van der Waals surface area contributed by atoms with Gasteiger partial charge in [-0.25, -0.2) is 0 Å². The molecular formula is C13H19BrN2O2. The maximum absolute atomic E-state index is 11.8. The molecule has 0 aliphatic carbocycles. The van der Waals surface area contributed by atoms with E-state index in [2.05, 4.69) is 26.6 Å². The Morgan fingerprint density at radius 3 is 2.56 bits per heavy atom. The van der Waals surface area contributed by atoms with Crippen molar-refractivity contribution in [2.75, 3.05) is 14.2 Å². The number of hydrogen-bond donors (Lipinski definition) is 2. The van der Waals surface area contributed by atoms with Gasteiger partial charge in [-0.1, -0.05) is 6.07 Å². The van der Waals surface area contributed by atoms with Crippen molar-refractivity contribution >= 4 is 21.8 Å². The maximum Gasteiger partial charge on any atom is 0.237 e. The average molecular weight is 315 g/mol. The SMILES string of the molecule is CNC(C)C(=O)NC(C)c1ccc(OC)c(Br)c1. The van der Waals surface area contributed by atoms with Crippen molar-refractivity contribution in [1.82, 2.24) is 10.6 Å². The quantitative estimate of drug-likeness (QED) is 0.876. The molecule has 0 saturated heterocycles. The maximum atomic E-state index is 11.8. The smallest absolute Gasteiger partial charge is 0.237 e. The highest BCUT2D eigenvalue weighted by Gasteiger charge is 2.15. The van der Waals surface area contributed by atoms with Crippen LogP contribution in [0.25, 0.3) is 0 Å². The molecule has 0 aromatic heterocycles. The van der Waals surface area contributed by atoms with Gasteiger partial charge in [-0.2, -0.15) is 0 Å². The number of carbonyl (C=O) groups is 1. The van der Waals surface area contributed by atoms with Gasteiger partial charge in [0.1, 0.15) is 5.75 Å². The van der Waals surface area contributed by atoms with Gasteiger partial charge in [-0.3, -0.25) is 4.79 Å². The topological polar surface area (TPSA) is 50.4 Å². The average Bonchev–Trinajstić information content (AvgIpc) is 2.37. The van der Waals surface area contributed by atoms with Gasteiger partial charge in [0, 0.05) is 0 Å². The Kier molecular flexibility index (Phi) is 5.62. The Morgan fingerprint density at radius 2 is 2.06 bits per heavy atom. The van der Waals surface area contributed by atoms with E-state index in [9.17, 15) is 4.79 Å². The number of rotatable bonds is 5. The van der Waals surface area contributed by atoms with E-state index in [0.717, 1.165) is 15.8 Å². The first-order valence-electron chi connectivity index (χ1n) is 5.80. The van der Waals surface area contributed by atoms with Crippen LogP contribution >= 0.6 is 15.9 Å². The fourth-order valence-electron chi connectivity index (χ4n) is 1.50. The van der Waals surface area contributed by atoms with Crippen LogP contribution in [0, 0.1) is 0 Å². The Hall–Kier alpha value is -1.07. The summed E-state index contributed by atoms with van der Waals surface area (Å²) in [6.07, 6.45) is 0. The molecule has 1 aromatic carbocycles. The van der Waals surface area contributed by atoms with Crippen LogP contribution in [0.4, 0.5) is 0 Å². The fourth-order valence-corrected chi connectivity index (χ4v) is 2.06. The number of likely N-dealkylation sites (N-methyl/N-ethyl adjacent to an activating group) is 1. The molecule has 0 radical (unpaired) electrons. The first-order chi connectivity index (χ1) is 8.49. The second-order valence-corrected chi connectivity index (χ2v) is 4.99. The second-order valence-electron chi connectivity index (χ2n) is 4.13. The van der Waals surface area contributed by atoms with Gasteiger partial charge in [0.25, 0.3) is 0 Å². The molecule has 1 aromatic rings. The Balaban J connectivity index is 2.75. The van der Waals surface area contributed by atoms with Crippen molar-refractivity contribution < 1.29 is 9.53 Å². The standard InChI is InChI=1S/C13H19BrN2O2/c1-8(16-13(17)9(2)15-3)10-5-6-12(18-4)11(14)7-10/h5-9,15H,1-4H3,(H,16,17). The third-order valence-electron chi connectivity index (χ3n) is 2.86. The third kappa shape index (κ3) is 3.71. The van der Waals surface area contributed by atoms with Crippen molar-refractivity contribution in [3.05, 3.63) is 28.2 Å². The summed E-state index contributed by atoms with van der Waals surface area (Å²) in [6.45, 7) is 3.78. The summed E-state index contributed by atoms with van der Waals surface area (Å²) in [6, 6.07) is 5.53. The monoisotopic (exact) mass is 314 g/mol. The molecule has 1 rings (SSSR count). The molecule has 5 heteroatoms. The van der Waals surface area contributed by atoms with E-state index in [4.69, 9.17) is 4.74 Å².